The van der Waals surface area contributed by atoms with E-state index >= 15 is 0 Å². The summed E-state index contributed by atoms with van der Waals surface area (Å²) >= 11 is 0. The average molecular weight is 232 g/mol. The number of aliphatic hydroxyl groups is 1. The van der Waals surface area contributed by atoms with Gasteiger partial charge in [-0.3, -0.25) is 5.32 Å². The third-order valence-corrected chi connectivity index (χ3v) is 2.33. The summed E-state index contributed by atoms with van der Waals surface area (Å²) in [5.74, 6) is 0. The molecule has 0 heterocycles. The average Bonchev–Trinajstić information content (AvgIpc) is 2.31. The number of hydrogen-bond donors (Lipinski definition) is 5. The maximum atomic E-state index is 8.48. The van der Waals surface area contributed by atoms with Crippen molar-refractivity contribution in [3.8, 4) is 0 Å². The van der Waals surface area contributed by atoms with Crippen LogP contribution in [-0.4, -0.2) is 51.1 Å². The Morgan fingerprint density at radius 1 is 0.688 bits per heavy atom. The summed E-state index contributed by atoms with van der Waals surface area (Å²) in [5, 5.41) is 18.1. The van der Waals surface area contributed by atoms with Gasteiger partial charge in [-0.15, -0.1) is 0 Å². The van der Waals surface area contributed by atoms with Crippen molar-refractivity contribution in [1.29, 1.82) is 0 Å². The van der Waals surface area contributed by atoms with Crippen LogP contribution in [0.4, 0.5) is 0 Å². The van der Waals surface area contributed by atoms with Gasteiger partial charge in [-0.05, 0) is 65.0 Å². The van der Waals surface area contributed by atoms with Gasteiger partial charge in [0.2, 0.25) is 0 Å². The van der Waals surface area contributed by atoms with Gasteiger partial charge in [0, 0.05) is 0 Å². The second kappa shape index (κ2) is 14.8. The molecule has 5 nitrogen and oxygen atoms in total. The summed E-state index contributed by atoms with van der Waals surface area (Å²) < 4.78 is 0. The Balaban J connectivity index is 2.83. The maximum absolute atomic E-state index is 8.48. The SMILES string of the molecule is NCCCNCCCCNCCCNCO. The first kappa shape index (κ1) is 15.8. The van der Waals surface area contributed by atoms with Crippen LogP contribution < -0.4 is 21.7 Å². The molecule has 16 heavy (non-hydrogen) atoms. The highest BCUT2D eigenvalue weighted by molar-refractivity contribution is 4.53. The van der Waals surface area contributed by atoms with Crippen LogP contribution in [0.25, 0.3) is 0 Å². The van der Waals surface area contributed by atoms with E-state index in [1.54, 1.807) is 0 Å². The van der Waals surface area contributed by atoms with E-state index < -0.39 is 0 Å². The Morgan fingerprint density at radius 3 is 1.75 bits per heavy atom. The lowest BCUT2D eigenvalue weighted by molar-refractivity contribution is 0.260. The molecule has 0 radical (unpaired) electrons. The van der Waals surface area contributed by atoms with Gasteiger partial charge in [0.1, 0.15) is 0 Å². The number of nitrogens with one attached hydrogen (secondary N) is 3. The molecular formula is C11H28N4O. The standard InChI is InChI=1S/C11H28N4O/c12-5-3-8-13-6-1-2-7-14-9-4-10-15-11-16/h13-16H,1-12H2. The highest BCUT2D eigenvalue weighted by Crippen LogP contribution is 1.85. The van der Waals surface area contributed by atoms with E-state index in [2.05, 4.69) is 16.0 Å². The molecule has 0 unspecified atom stereocenters. The second-order valence-electron chi connectivity index (χ2n) is 3.86. The summed E-state index contributed by atoms with van der Waals surface area (Å²) in [6.45, 7) is 5.96. The van der Waals surface area contributed by atoms with Gasteiger partial charge < -0.3 is 21.5 Å². The molecule has 0 aliphatic rings. The van der Waals surface area contributed by atoms with Crippen LogP contribution in [-0.2, 0) is 0 Å². The molecule has 6 N–H and O–H groups in total. The molecule has 0 saturated carbocycles. The molecule has 0 aromatic carbocycles. The lowest BCUT2D eigenvalue weighted by atomic mass is 10.3. The molecule has 98 valence electrons. The Bertz CT molecular complexity index is 111. The summed E-state index contributed by atoms with van der Waals surface area (Å²) in [5.41, 5.74) is 5.39. The first-order valence-corrected chi connectivity index (χ1v) is 6.35. The largest absolute Gasteiger partial charge is 0.381 e. The quantitative estimate of drug-likeness (QED) is 0.213. The minimum absolute atomic E-state index is 0.0778. The van der Waals surface area contributed by atoms with Gasteiger partial charge >= 0.3 is 0 Å². The van der Waals surface area contributed by atoms with Crippen molar-refractivity contribution in [3.63, 3.8) is 0 Å². The normalized spacial score (nSPS) is 10.9. The molecule has 0 fully saturated rings. The molecule has 0 aromatic heterocycles. The van der Waals surface area contributed by atoms with Crippen LogP contribution in [0.15, 0.2) is 0 Å². The monoisotopic (exact) mass is 232 g/mol. The van der Waals surface area contributed by atoms with E-state index in [1.165, 1.54) is 12.8 Å². The van der Waals surface area contributed by atoms with Crippen molar-refractivity contribution in [2.45, 2.75) is 25.7 Å². The van der Waals surface area contributed by atoms with Crippen molar-refractivity contribution in [2.24, 2.45) is 5.73 Å². The molecular weight excluding hydrogens is 204 g/mol. The predicted molar refractivity (Wildman–Crippen MR) is 68.4 cm³/mol. The lowest BCUT2D eigenvalue weighted by Gasteiger charge is -2.06. The number of nitrogens with two attached hydrogens (primary N) is 1. The zero-order valence-corrected chi connectivity index (χ0v) is 10.3. The number of aliphatic hydroxyl groups excluding tert-OH is 1. The second-order valence-corrected chi connectivity index (χ2v) is 3.86. The topological polar surface area (TPSA) is 82.3 Å². The van der Waals surface area contributed by atoms with Crippen molar-refractivity contribution in [2.75, 3.05) is 46.0 Å². The minimum atomic E-state index is 0.0778. The van der Waals surface area contributed by atoms with Crippen molar-refractivity contribution in [1.82, 2.24) is 16.0 Å². The fourth-order valence-corrected chi connectivity index (χ4v) is 1.39. The summed E-state index contributed by atoms with van der Waals surface area (Å²) in [4.78, 5) is 0. The summed E-state index contributed by atoms with van der Waals surface area (Å²) in [6, 6.07) is 0. The van der Waals surface area contributed by atoms with Crippen molar-refractivity contribution < 1.29 is 5.11 Å². The van der Waals surface area contributed by atoms with E-state index in [4.69, 9.17) is 10.8 Å². The molecule has 0 saturated heterocycles. The molecule has 0 rings (SSSR count). The smallest absolute Gasteiger partial charge is 0.0931 e. The maximum Gasteiger partial charge on any atom is 0.0931 e. The highest BCUT2D eigenvalue weighted by Gasteiger charge is 1.90. The van der Waals surface area contributed by atoms with Crippen LogP contribution in [0.3, 0.4) is 0 Å². The van der Waals surface area contributed by atoms with Gasteiger partial charge in [-0.25, -0.2) is 0 Å². The fourth-order valence-electron chi connectivity index (χ4n) is 1.39. The van der Waals surface area contributed by atoms with E-state index in [9.17, 15) is 0 Å². The van der Waals surface area contributed by atoms with Crippen LogP contribution in [0.2, 0.25) is 0 Å². The zero-order chi connectivity index (χ0) is 11.9. The first-order valence-electron chi connectivity index (χ1n) is 6.35. The van der Waals surface area contributed by atoms with Crippen LogP contribution in [0.1, 0.15) is 25.7 Å². The Kier molecular flexibility index (Phi) is 14.6. The molecule has 0 amide bonds. The van der Waals surface area contributed by atoms with E-state index in [-0.39, 0.29) is 6.73 Å². The Labute approximate surface area is 99.2 Å². The molecule has 0 aliphatic carbocycles. The minimum Gasteiger partial charge on any atom is -0.381 e. The van der Waals surface area contributed by atoms with Gasteiger partial charge in [0.15, 0.2) is 0 Å². The fraction of sp³-hybridized carbons (Fsp3) is 1.00. The Morgan fingerprint density at radius 2 is 1.19 bits per heavy atom. The van der Waals surface area contributed by atoms with Crippen LogP contribution in [0.5, 0.6) is 0 Å². The van der Waals surface area contributed by atoms with Gasteiger partial charge in [-0.1, -0.05) is 0 Å². The summed E-state index contributed by atoms with van der Waals surface area (Å²) in [6.07, 6.45) is 4.56. The van der Waals surface area contributed by atoms with Crippen LogP contribution in [0, 0.1) is 0 Å². The summed E-state index contributed by atoms with van der Waals surface area (Å²) in [7, 11) is 0. The van der Waals surface area contributed by atoms with Crippen molar-refractivity contribution in [3.05, 3.63) is 0 Å². The van der Waals surface area contributed by atoms with E-state index in [0.717, 1.165) is 52.1 Å². The predicted octanol–water partition coefficient (Wildman–Crippen LogP) is -0.776. The number of unbranched alkanes of at least 4 members (excludes halogenated alkanes) is 1. The third kappa shape index (κ3) is 13.8. The lowest BCUT2D eigenvalue weighted by Crippen LogP contribution is -2.24. The van der Waals surface area contributed by atoms with Gasteiger partial charge in [0.25, 0.3) is 0 Å². The number of rotatable bonds is 13. The van der Waals surface area contributed by atoms with Gasteiger partial charge in [0.05, 0.1) is 6.73 Å². The molecule has 0 bridgehead atoms. The number of hydrogen-bond acceptors (Lipinski definition) is 5. The molecule has 0 spiro atoms. The van der Waals surface area contributed by atoms with Crippen LogP contribution >= 0.6 is 0 Å². The highest BCUT2D eigenvalue weighted by atomic mass is 16.3. The molecule has 0 aromatic rings. The van der Waals surface area contributed by atoms with Crippen molar-refractivity contribution >= 4 is 0 Å². The molecule has 0 atom stereocenters. The van der Waals surface area contributed by atoms with Gasteiger partial charge in [-0.2, -0.15) is 0 Å². The van der Waals surface area contributed by atoms with E-state index in [1.807, 2.05) is 0 Å². The molecule has 5 heteroatoms. The zero-order valence-electron chi connectivity index (χ0n) is 10.3. The molecule has 0 aliphatic heterocycles. The third-order valence-electron chi connectivity index (χ3n) is 2.33. The Hall–Kier alpha value is -0.200. The van der Waals surface area contributed by atoms with E-state index in [0.29, 0.717) is 0 Å². The first-order chi connectivity index (χ1) is 7.91.